The average molecular weight is 303 g/mol. The van der Waals surface area contributed by atoms with E-state index in [9.17, 15) is 8.42 Å². The summed E-state index contributed by atoms with van der Waals surface area (Å²) in [7, 11) is -3.56. The Morgan fingerprint density at radius 2 is 2.11 bits per heavy atom. The number of rotatable bonds is 1. The van der Waals surface area contributed by atoms with Gasteiger partial charge < -0.3 is 10.1 Å². The highest BCUT2D eigenvalue weighted by atomic mass is 35.5. The number of sulfonamides is 1. The maximum Gasteiger partial charge on any atom is 0.286 e. The number of ether oxygens (including phenoxy) is 1. The van der Waals surface area contributed by atoms with Crippen molar-refractivity contribution in [2.24, 2.45) is 4.40 Å². The predicted molar refractivity (Wildman–Crippen MR) is 74.4 cm³/mol. The van der Waals surface area contributed by atoms with Crippen molar-refractivity contribution in [3.63, 3.8) is 0 Å². The van der Waals surface area contributed by atoms with E-state index >= 15 is 0 Å². The Morgan fingerprint density at radius 1 is 1.32 bits per heavy atom. The molecule has 0 unspecified atom stereocenters. The maximum absolute atomic E-state index is 11.8. The molecule has 1 N–H and O–H groups in total. The lowest BCUT2D eigenvalue weighted by Gasteiger charge is -2.23. The lowest BCUT2D eigenvalue weighted by Crippen LogP contribution is -2.36. The minimum Gasteiger partial charge on any atom is -0.472 e. The zero-order valence-electron chi connectivity index (χ0n) is 10.2. The fraction of sp³-hybridized carbons (Fsp3) is 0.417. The lowest BCUT2D eigenvalue weighted by molar-refractivity contribution is 0.156. The summed E-state index contributed by atoms with van der Waals surface area (Å²) in [4.78, 5) is 0.240. The third-order valence-corrected chi connectivity index (χ3v) is 4.45. The van der Waals surface area contributed by atoms with Crippen molar-refractivity contribution in [1.29, 1.82) is 0 Å². The van der Waals surface area contributed by atoms with Crippen LogP contribution in [-0.2, 0) is 14.8 Å². The number of fused-ring (bicyclic) bond motifs is 1. The topological polar surface area (TPSA) is 67.8 Å². The number of nitrogens with one attached hydrogen (secondary N) is 1. The quantitative estimate of drug-likeness (QED) is 0.850. The van der Waals surface area contributed by atoms with E-state index in [0.29, 0.717) is 5.56 Å². The first-order valence-corrected chi connectivity index (χ1v) is 7.42. The lowest BCUT2D eigenvalue weighted by atomic mass is 10.1. The molecule has 0 radical (unpaired) electrons. The Bertz CT molecular complexity index is 595. The van der Waals surface area contributed by atoms with Crippen molar-refractivity contribution in [1.82, 2.24) is 5.32 Å². The van der Waals surface area contributed by atoms with Crippen molar-refractivity contribution in [2.75, 3.05) is 13.1 Å². The molecule has 1 atom stereocenters. The van der Waals surface area contributed by atoms with Crippen LogP contribution in [-0.4, -0.2) is 33.5 Å². The van der Waals surface area contributed by atoms with Crippen LogP contribution in [0.25, 0.3) is 0 Å². The van der Waals surface area contributed by atoms with E-state index in [1.54, 1.807) is 24.3 Å². The third kappa shape index (κ3) is 2.75. The SMILES string of the molecule is Cl.O=S1(=O)N=C(O[C@H]2CCCNC2)c2ccccc21. The van der Waals surface area contributed by atoms with Gasteiger partial charge in [-0.05, 0) is 31.5 Å². The number of halogens is 1. The molecule has 3 rings (SSSR count). The molecule has 19 heavy (non-hydrogen) atoms. The Kier molecular flexibility index (Phi) is 4.13. The minimum atomic E-state index is -3.56. The van der Waals surface area contributed by atoms with Crippen LogP contribution in [0.1, 0.15) is 18.4 Å². The third-order valence-electron chi connectivity index (χ3n) is 3.13. The first kappa shape index (κ1) is 14.3. The van der Waals surface area contributed by atoms with E-state index in [1.165, 1.54) is 0 Å². The van der Waals surface area contributed by atoms with Crippen molar-refractivity contribution < 1.29 is 13.2 Å². The van der Waals surface area contributed by atoms with Crippen molar-refractivity contribution in [3.05, 3.63) is 29.8 Å². The van der Waals surface area contributed by atoms with Gasteiger partial charge >= 0.3 is 0 Å². The van der Waals surface area contributed by atoms with Gasteiger partial charge in [-0.15, -0.1) is 16.8 Å². The monoisotopic (exact) mass is 302 g/mol. The van der Waals surface area contributed by atoms with Crippen molar-refractivity contribution >= 4 is 28.3 Å². The summed E-state index contributed by atoms with van der Waals surface area (Å²) in [6, 6.07) is 6.77. The van der Waals surface area contributed by atoms with E-state index in [1.807, 2.05) is 0 Å². The van der Waals surface area contributed by atoms with Crippen LogP contribution in [0, 0.1) is 0 Å². The molecule has 0 bridgehead atoms. The smallest absolute Gasteiger partial charge is 0.286 e. The number of piperidine rings is 1. The molecule has 0 aromatic heterocycles. The van der Waals surface area contributed by atoms with E-state index in [-0.39, 0.29) is 29.3 Å². The second-order valence-electron chi connectivity index (χ2n) is 4.45. The Labute approximate surface area is 118 Å². The van der Waals surface area contributed by atoms with Crippen molar-refractivity contribution in [2.45, 2.75) is 23.8 Å². The minimum absolute atomic E-state index is 0. The number of benzene rings is 1. The van der Waals surface area contributed by atoms with Crippen LogP contribution in [0.5, 0.6) is 0 Å². The second kappa shape index (κ2) is 5.48. The molecule has 0 saturated carbocycles. The molecule has 2 aliphatic heterocycles. The van der Waals surface area contributed by atoms with E-state index in [2.05, 4.69) is 9.71 Å². The number of hydrogen-bond donors (Lipinski definition) is 1. The summed E-state index contributed by atoms with van der Waals surface area (Å²) < 4.78 is 33.1. The standard InChI is InChI=1S/C12H14N2O3S.ClH/c15-18(16)11-6-2-1-5-10(11)12(14-18)17-9-4-3-7-13-8-9;/h1-2,5-6,9,13H,3-4,7-8H2;1H/t9-;/m0./s1. The van der Waals surface area contributed by atoms with Gasteiger partial charge in [0.2, 0.25) is 5.90 Å². The number of hydrogen-bond acceptors (Lipinski definition) is 4. The van der Waals surface area contributed by atoms with E-state index < -0.39 is 10.0 Å². The summed E-state index contributed by atoms with van der Waals surface area (Å²) in [5.74, 6) is 0.235. The molecule has 0 spiro atoms. The summed E-state index contributed by atoms with van der Waals surface area (Å²) in [6.07, 6.45) is 1.96. The zero-order valence-corrected chi connectivity index (χ0v) is 11.8. The summed E-state index contributed by atoms with van der Waals surface area (Å²) in [5, 5.41) is 3.22. The fourth-order valence-electron chi connectivity index (χ4n) is 2.24. The molecule has 1 aromatic carbocycles. The molecule has 2 heterocycles. The van der Waals surface area contributed by atoms with Gasteiger partial charge in [0.25, 0.3) is 10.0 Å². The van der Waals surface area contributed by atoms with Crippen LogP contribution >= 0.6 is 12.4 Å². The average Bonchev–Trinajstić information content (AvgIpc) is 2.63. The van der Waals surface area contributed by atoms with Gasteiger partial charge in [0.1, 0.15) is 11.0 Å². The molecular weight excluding hydrogens is 288 g/mol. The zero-order chi connectivity index (χ0) is 12.6. The van der Waals surface area contributed by atoms with Gasteiger partial charge in [0.05, 0.1) is 5.56 Å². The predicted octanol–water partition coefficient (Wildman–Crippen LogP) is 1.33. The molecule has 5 nitrogen and oxygen atoms in total. The van der Waals surface area contributed by atoms with Crippen LogP contribution in [0.3, 0.4) is 0 Å². The van der Waals surface area contributed by atoms with Crippen LogP contribution in [0.15, 0.2) is 33.6 Å². The summed E-state index contributed by atoms with van der Waals surface area (Å²) >= 11 is 0. The second-order valence-corrected chi connectivity index (χ2v) is 6.03. The van der Waals surface area contributed by atoms with E-state index in [0.717, 1.165) is 25.9 Å². The molecule has 7 heteroatoms. The summed E-state index contributed by atoms with van der Waals surface area (Å²) in [5.41, 5.74) is 0.572. The highest BCUT2D eigenvalue weighted by Crippen LogP contribution is 2.27. The van der Waals surface area contributed by atoms with Gasteiger partial charge in [0, 0.05) is 6.54 Å². The molecule has 1 aromatic rings. The van der Waals surface area contributed by atoms with E-state index in [4.69, 9.17) is 4.74 Å². The van der Waals surface area contributed by atoms with Crippen LogP contribution in [0.4, 0.5) is 0 Å². The molecule has 2 aliphatic rings. The molecule has 104 valence electrons. The van der Waals surface area contributed by atoms with Crippen LogP contribution in [0.2, 0.25) is 0 Å². The van der Waals surface area contributed by atoms with Gasteiger partial charge in [-0.25, -0.2) is 0 Å². The largest absolute Gasteiger partial charge is 0.472 e. The van der Waals surface area contributed by atoms with Gasteiger partial charge in [-0.1, -0.05) is 12.1 Å². The first-order valence-electron chi connectivity index (χ1n) is 5.98. The van der Waals surface area contributed by atoms with Gasteiger partial charge in [-0.2, -0.15) is 8.42 Å². The van der Waals surface area contributed by atoms with Crippen molar-refractivity contribution in [3.8, 4) is 0 Å². The van der Waals surface area contributed by atoms with Crippen LogP contribution < -0.4 is 5.32 Å². The number of nitrogens with zero attached hydrogens (tertiary/aromatic N) is 1. The molecule has 1 fully saturated rings. The Hall–Kier alpha value is -1.11. The molecular formula is C12H15ClN2O3S. The molecule has 0 amide bonds. The highest BCUT2D eigenvalue weighted by Gasteiger charge is 2.31. The highest BCUT2D eigenvalue weighted by molar-refractivity contribution is 7.90. The van der Waals surface area contributed by atoms with Gasteiger partial charge in [-0.3, -0.25) is 0 Å². The normalized spacial score (nSPS) is 24.0. The molecule has 1 saturated heterocycles. The van der Waals surface area contributed by atoms with Gasteiger partial charge in [0.15, 0.2) is 0 Å². The first-order chi connectivity index (χ1) is 8.67. The summed E-state index contributed by atoms with van der Waals surface area (Å²) in [6.45, 7) is 1.72. The maximum atomic E-state index is 11.8. The Morgan fingerprint density at radius 3 is 2.84 bits per heavy atom. The molecule has 0 aliphatic carbocycles. The Balaban J connectivity index is 0.00000133. The fourth-order valence-corrected chi connectivity index (χ4v) is 3.38.